The molecule has 0 amide bonds. The molecule has 0 saturated heterocycles. The Bertz CT molecular complexity index is 695. The molecule has 0 aliphatic rings. The van der Waals surface area contributed by atoms with Gasteiger partial charge >= 0.3 is 0 Å². The van der Waals surface area contributed by atoms with E-state index in [-0.39, 0.29) is 6.10 Å². The maximum atomic E-state index is 6.07. The van der Waals surface area contributed by atoms with Crippen molar-refractivity contribution in [3.05, 3.63) is 66.6 Å². The minimum Gasteiger partial charge on any atom is -0.484 e. The Hall–Kier alpha value is -2.46. The number of nitrogens with zero attached hydrogens (tertiary/aromatic N) is 2. The zero-order valence-corrected chi connectivity index (χ0v) is 10.9. The number of fused-ring (bicyclic) bond motifs is 1. The van der Waals surface area contributed by atoms with Gasteiger partial charge in [0.05, 0.1) is 5.52 Å². The SMILES string of the molecule is NCC(Oc1cccc2ncccc12)c1ccncc1. The molecule has 3 aromatic rings. The Labute approximate surface area is 117 Å². The van der Waals surface area contributed by atoms with Gasteiger partial charge in [-0.3, -0.25) is 9.97 Å². The second kappa shape index (κ2) is 5.67. The molecular formula is C16H15N3O. The van der Waals surface area contributed by atoms with E-state index in [9.17, 15) is 0 Å². The summed E-state index contributed by atoms with van der Waals surface area (Å²) in [5.74, 6) is 0.794. The fourth-order valence-electron chi connectivity index (χ4n) is 2.16. The fourth-order valence-corrected chi connectivity index (χ4v) is 2.16. The first-order valence-electron chi connectivity index (χ1n) is 6.49. The van der Waals surface area contributed by atoms with E-state index >= 15 is 0 Å². The summed E-state index contributed by atoms with van der Waals surface area (Å²) in [7, 11) is 0. The van der Waals surface area contributed by atoms with Crippen LogP contribution < -0.4 is 10.5 Å². The van der Waals surface area contributed by atoms with Crippen LogP contribution >= 0.6 is 0 Å². The van der Waals surface area contributed by atoms with Crippen molar-refractivity contribution >= 4 is 10.9 Å². The van der Waals surface area contributed by atoms with E-state index in [1.54, 1.807) is 18.6 Å². The third-order valence-electron chi connectivity index (χ3n) is 3.17. The molecule has 0 radical (unpaired) electrons. The molecule has 2 heterocycles. The molecule has 0 saturated carbocycles. The molecule has 100 valence electrons. The molecule has 0 bridgehead atoms. The minimum atomic E-state index is -0.191. The molecule has 0 spiro atoms. The van der Waals surface area contributed by atoms with Crippen LogP contribution in [0, 0.1) is 0 Å². The van der Waals surface area contributed by atoms with Gasteiger partial charge in [0.15, 0.2) is 0 Å². The number of aromatic nitrogens is 2. The van der Waals surface area contributed by atoms with Gasteiger partial charge in [-0.2, -0.15) is 0 Å². The van der Waals surface area contributed by atoms with E-state index in [1.165, 1.54) is 0 Å². The molecule has 2 N–H and O–H groups in total. The number of nitrogens with two attached hydrogens (primary N) is 1. The number of rotatable bonds is 4. The van der Waals surface area contributed by atoms with Crippen LogP contribution in [0.1, 0.15) is 11.7 Å². The summed E-state index contributed by atoms with van der Waals surface area (Å²) < 4.78 is 6.07. The first-order valence-corrected chi connectivity index (χ1v) is 6.49. The van der Waals surface area contributed by atoms with Crippen LogP contribution in [-0.4, -0.2) is 16.5 Å². The zero-order valence-electron chi connectivity index (χ0n) is 10.9. The van der Waals surface area contributed by atoms with Crippen LogP contribution in [0.15, 0.2) is 61.1 Å². The number of hydrogen-bond donors (Lipinski definition) is 1. The van der Waals surface area contributed by atoms with Crippen LogP contribution in [0.25, 0.3) is 10.9 Å². The molecule has 4 heteroatoms. The van der Waals surface area contributed by atoms with Crippen LogP contribution in [0.2, 0.25) is 0 Å². The third kappa shape index (κ3) is 2.46. The normalized spacial score (nSPS) is 12.2. The Kier molecular flexibility index (Phi) is 3.56. The van der Waals surface area contributed by atoms with Gasteiger partial charge in [-0.15, -0.1) is 0 Å². The topological polar surface area (TPSA) is 61.0 Å². The lowest BCUT2D eigenvalue weighted by Gasteiger charge is -2.18. The number of pyridine rings is 2. The number of ether oxygens (including phenoxy) is 1. The average Bonchev–Trinajstić information content (AvgIpc) is 2.53. The van der Waals surface area contributed by atoms with Crippen molar-refractivity contribution in [2.75, 3.05) is 6.54 Å². The summed E-state index contributed by atoms with van der Waals surface area (Å²) in [6, 6.07) is 13.6. The van der Waals surface area contributed by atoms with Crippen molar-refractivity contribution in [1.29, 1.82) is 0 Å². The van der Waals surface area contributed by atoms with Gasteiger partial charge in [-0.25, -0.2) is 0 Å². The predicted molar refractivity (Wildman–Crippen MR) is 78.4 cm³/mol. The second-order valence-corrected chi connectivity index (χ2v) is 4.45. The highest BCUT2D eigenvalue weighted by Crippen LogP contribution is 2.28. The lowest BCUT2D eigenvalue weighted by atomic mass is 10.1. The smallest absolute Gasteiger partial charge is 0.136 e. The van der Waals surface area contributed by atoms with Crippen LogP contribution in [0.4, 0.5) is 0 Å². The van der Waals surface area contributed by atoms with Crippen LogP contribution in [-0.2, 0) is 0 Å². The Morgan fingerprint density at radius 2 is 1.85 bits per heavy atom. The number of hydrogen-bond acceptors (Lipinski definition) is 4. The Morgan fingerprint density at radius 1 is 1.00 bits per heavy atom. The highest BCUT2D eigenvalue weighted by atomic mass is 16.5. The van der Waals surface area contributed by atoms with E-state index in [4.69, 9.17) is 10.5 Å². The molecule has 1 unspecified atom stereocenters. The van der Waals surface area contributed by atoms with Gasteiger partial charge in [-0.1, -0.05) is 6.07 Å². The van der Waals surface area contributed by atoms with Gasteiger partial charge in [0.1, 0.15) is 11.9 Å². The predicted octanol–water partition coefficient (Wildman–Crippen LogP) is 2.71. The van der Waals surface area contributed by atoms with E-state index < -0.39 is 0 Å². The molecule has 1 atom stereocenters. The third-order valence-corrected chi connectivity index (χ3v) is 3.17. The fraction of sp³-hybridized carbons (Fsp3) is 0.125. The molecule has 2 aromatic heterocycles. The highest BCUT2D eigenvalue weighted by molar-refractivity contribution is 5.84. The Balaban J connectivity index is 1.96. The quantitative estimate of drug-likeness (QED) is 0.788. The van der Waals surface area contributed by atoms with Gasteiger partial charge in [-0.05, 0) is 42.0 Å². The molecule has 20 heavy (non-hydrogen) atoms. The summed E-state index contributed by atoms with van der Waals surface area (Å²) in [4.78, 5) is 8.34. The second-order valence-electron chi connectivity index (χ2n) is 4.45. The molecular weight excluding hydrogens is 250 g/mol. The summed E-state index contributed by atoms with van der Waals surface area (Å²) in [6.07, 6.45) is 5.07. The maximum Gasteiger partial charge on any atom is 0.136 e. The van der Waals surface area contributed by atoms with Crippen LogP contribution in [0.5, 0.6) is 5.75 Å². The summed E-state index contributed by atoms with van der Waals surface area (Å²) in [5, 5.41) is 0.988. The van der Waals surface area contributed by atoms with E-state index in [2.05, 4.69) is 9.97 Å². The van der Waals surface area contributed by atoms with Crippen molar-refractivity contribution < 1.29 is 4.74 Å². The van der Waals surface area contributed by atoms with E-state index in [1.807, 2.05) is 42.5 Å². The largest absolute Gasteiger partial charge is 0.484 e. The monoisotopic (exact) mass is 265 g/mol. The van der Waals surface area contributed by atoms with Crippen molar-refractivity contribution in [2.45, 2.75) is 6.10 Å². The van der Waals surface area contributed by atoms with Crippen molar-refractivity contribution in [3.63, 3.8) is 0 Å². The average molecular weight is 265 g/mol. The van der Waals surface area contributed by atoms with Crippen molar-refractivity contribution in [2.24, 2.45) is 5.73 Å². The zero-order chi connectivity index (χ0) is 13.8. The number of benzene rings is 1. The standard InChI is InChI=1S/C16H15N3O/c17-11-16(12-6-9-18-10-7-12)20-15-5-1-4-14-13(15)3-2-8-19-14/h1-10,16H,11,17H2. The molecule has 4 nitrogen and oxygen atoms in total. The summed E-state index contributed by atoms with van der Waals surface area (Å²) in [6.45, 7) is 0.403. The molecule has 0 aliphatic carbocycles. The molecule has 1 aromatic carbocycles. The molecule has 0 aliphatic heterocycles. The first-order chi connectivity index (χ1) is 9.88. The van der Waals surface area contributed by atoms with Gasteiger partial charge in [0.2, 0.25) is 0 Å². The summed E-state index contributed by atoms with van der Waals surface area (Å²) in [5.41, 5.74) is 7.77. The summed E-state index contributed by atoms with van der Waals surface area (Å²) >= 11 is 0. The van der Waals surface area contributed by atoms with E-state index in [0.717, 1.165) is 22.2 Å². The lowest BCUT2D eigenvalue weighted by Crippen LogP contribution is -2.18. The first kappa shape index (κ1) is 12.6. The molecule has 3 rings (SSSR count). The molecule has 0 fully saturated rings. The maximum absolute atomic E-state index is 6.07. The van der Waals surface area contributed by atoms with Gasteiger partial charge in [0, 0.05) is 30.5 Å². The van der Waals surface area contributed by atoms with Crippen molar-refractivity contribution in [3.8, 4) is 5.75 Å². The highest BCUT2D eigenvalue weighted by Gasteiger charge is 2.13. The van der Waals surface area contributed by atoms with Crippen molar-refractivity contribution in [1.82, 2.24) is 9.97 Å². The van der Waals surface area contributed by atoms with Gasteiger partial charge < -0.3 is 10.5 Å². The Morgan fingerprint density at radius 3 is 2.65 bits per heavy atom. The lowest BCUT2D eigenvalue weighted by molar-refractivity contribution is 0.217. The minimum absolute atomic E-state index is 0.191. The van der Waals surface area contributed by atoms with E-state index in [0.29, 0.717) is 6.54 Å². The van der Waals surface area contributed by atoms with Crippen LogP contribution in [0.3, 0.4) is 0 Å². The van der Waals surface area contributed by atoms with Gasteiger partial charge in [0.25, 0.3) is 0 Å².